The van der Waals surface area contributed by atoms with Gasteiger partial charge in [0, 0.05) is 16.4 Å². The van der Waals surface area contributed by atoms with Crippen LogP contribution in [0, 0.1) is 0 Å². The van der Waals surface area contributed by atoms with Crippen LogP contribution in [0.2, 0.25) is 10.0 Å². The molecule has 2 rings (SSSR count). The van der Waals surface area contributed by atoms with Crippen molar-refractivity contribution in [3.8, 4) is 0 Å². The van der Waals surface area contributed by atoms with Gasteiger partial charge in [0.05, 0.1) is 16.8 Å². The third-order valence-electron chi connectivity index (χ3n) is 3.46. The average molecular weight is 357 g/mol. The highest BCUT2D eigenvalue weighted by atomic mass is 35.5. The van der Waals surface area contributed by atoms with Crippen LogP contribution < -0.4 is 5.32 Å². The van der Waals surface area contributed by atoms with Gasteiger partial charge in [-0.25, -0.2) is 0 Å². The molecule has 1 aromatic heterocycles. The first-order valence-electron chi connectivity index (χ1n) is 7.03. The molecule has 0 aliphatic rings. The fourth-order valence-electron chi connectivity index (χ4n) is 2.12. The number of hydrogen-bond acceptors (Lipinski definition) is 3. The van der Waals surface area contributed by atoms with Crippen LogP contribution in [0.4, 0.5) is 5.69 Å². The molecule has 6 heteroatoms. The summed E-state index contributed by atoms with van der Waals surface area (Å²) in [4.78, 5) is 15.8. The van der Waals surface area contributed by atoms with E-state index in [-0.39, 0.29) is 11.9 Å². The zero-order chi connectivity index (χ0) is 16.1. The van der Waals surface area contributed by atoms with Crippen molar-refractivity contribution in [2.45, 2.75) is 26.4 Å². The van der Waals surface area contributed by atoms with Gasteiger partial charge in [-0.1, -0.05) is 36.2 Å². The fraction of sp³-hybridized carbons (Fsp3) is 0.312. The molecule has 1 N–H and O–H groups in total. The molecule has 1 atom stereocenters. The van der Waals surface area contributed by atoms with Crippen molar-refractivity contribution < 1.29 is 4.79 Å². The molecule has 0 unspecified atom stereocenters. The van der Waals surface area contributed by atoms with Crippen LogP contribution in [0.1, 0.15) is 18.7 Å². The van der Waals surface area contributed by atoms with E-state index in [0.29, 0.717) is 15.7 Å². The standard InChI is InChI=1S/C16H18Cl2N2OS/c1-3-20(10-13-5-4-8-22-13)11(2)16(21)19-15-7-6-12(17)9-14(15)18/h4-9,11H,3,10H2,1-2H3,(H,19,21)/t11-/m1/s1. The number of thiophene rings is 1. The van der Waals surface area contributed by atoms with E-state index >= 15 is 0 Å². The number of nitrogens with one attached hydrogen (secondary N) is 1. The first kappa shape index (κ1) is 17.3. The van der Waals surface area contributed by atoms with E-state index < -0.39 is 0 Å². The predicted octanol–water partition coefficient (Wildman–Crippen LogP) is 4.90. The van der Waals surface area contributed by atoms with Crippen LogP contribution >= 0.6 is 34.5 Å². The van der Waals surface area contributed by atoms with Gasteiger partial charge < -0.3 is 5.32 Å². The topological polar surface area (TPSA) is 32.3 Å². The Labute approximate surface area is 144 Å². The second-order valence-electron chi connectivity index (χ2n) is 4.93. The van der Waals surface area contributed by atoms with Gasteiger partial charge in [0.25, 0.3) is 0 Å². The molecule has 1 amide bonds. The fourth-order valence-corrected chi connectivity index (χ4v) is 3.30. The summed E-state index contributed by atoms with van der Waals surface area (Å²) in [5, 5.41) is 5.89. The molecule has 1 heterocycles. The second-order valence-corrected chi connectivity index (χ2v) is 6.81. The van der Waals surface area contributed by atoms with E-state index in [0.717, 1.165) is 13.1 Å². The number of anilines is 1. The summed E-state index contributed by atoms with van der Waals surface area (Å²) in [5.74, 6) is -0.0809. The number of benzene rings is 1. The molecule has 0 radical (unpaired) electrons. The summed E-state index contributed by atoms with van der Waals surface area (Å²) in [6, 6.07) is 8.88. The van der Waals surface area contributed by atoms with E-state index in [2.05, 4.69) is 16.3 Å². The third kappa shape index (κ3) is 4.46. The first-order valence-corrected chi connectivity index (χ1v) is 8.67. The van der Waals surface area contributed by atoms with Crippen LogP contribution in [0.5, 0.6) is 0 Å². The lowest BCUT2D eigenvalue weighted by atomic mass is 10.2. The SMILES string of the molecule is CCN(Cc1cccs1)[C@H](C)C(=O)Nc1ccc(Cl)cc1Cl. The Kier molecular flexibility index (Phi) is 6.26. The molecule has 0 fully saturated rings. The van der Waals surface area contributed by atoms with Gasteiger partial charge in [0.15, 0.2) is 0 Å². The van der Waals surface area contributed by atoms with Gasteiger partial charge in [-0.2, -0.15) is 0 Å². The highest BCUT2D eigenvalue weighted by Crippen LogP contribution is 2.25. The Balaban J connectivity index is 2.03. The van der Waals surface area contributed by atoms with Crippen LogP contribution in [0.25, 0.3) is 0 Å². The minimum Gasteiger partial charge on any atom is -0.323 e. The number of carbonyl (C=O) groups excluding carboxylic acids is 1. The lowest BCUT2D eigenvalue weighted by Crippen LogP contribution is -2.41. The summed E-state index contributed by atoms with van der Waals surface area (Å²) >= 11 is 13.7. The van der Waals surface area contributed by atoms with Crippen molar-refractivity contribution in [3.63, 3.8) is 0 Å². The van der Waals surface area contributed by atoms with E-state index in [4.69, 9.17) is 23.2 Å². The number of hydrogen-bond donors (Lipinski definition) is 1. The van der Waals surface area contributed by atoms with Crippen LogP contribution in [-0.4, -0.2) is 23.4 Å². The highest BCUT2D eigenvalue weighted by molar-refractivity contribution is 7.09. The summed E-state index contributed by atoms with van der Waals surface area (Å²) in [7, 11) is 0. The lowest BCUT2D eigenvalue weighted by Gasteiger charge is -2.26. The summed E-state index contributed by atoms with van der Waals surface area (Å²) in [6.07, 6.45) is 0. The molecule has 0 aliphatic heterocycles. The minimum atomic E-state index is -0.251. The summed E-state index contributed by atoms with van der Waals surface area (Å²) in [6.45, 7) is 5.50. The smallest absolute Gasteiger partial charge is 0.241 e. The van der Waals surface area contributed by atoms with Crippen molar-refractivity contribution in [3.05, 3.63) is 50.6 Å². The van der Waals surface area contributed by atoms with Crippen molar-refractivity contribution in [2.24, 2.45) is 0 Å². The van der Waals surface area contributed by atoms with Crippen LogP contribution in [-0.2, 0) is 11.3 Å². The van der Waals surface area contributed by atoms with Crippen molar-refractivity contribution in [2.75, 3.05) is 11.9 Å². The molecule has 0 saturated carbocycles. The molecule has 0 spiro atoms. The van der Waals surface area contributed by atoms with Crippen LogP contribution in [0.15, 0.2) is 35.7 Å². The molecule has 0 saturated heterocycles. The Morgan fingerprint density at radius 1 is 1.36 bits per heavy atom. The quantitative estimate of drug-likeness (QED) is 0.797. The normalized spacial score (nSPS) is 12.4. The van der Waals surface area contributed by atoms with Gasteiger partial charge >= 0.3 is 0 Å². The summed E-state index contributed by atoms with van der Waals surface area (Å²) < 4.78 is 0. The number of nitrogens with zero attached hydrogens (tertiary/aromatic N) is 1. The van der Waals surface area contributed by atoms with E-state index in [1.807, 2.05) is 25.3 Å². The van der Waals surface area contributed by atoms with Crippen molar-refractivity contribution >= 4 is 46.1 Å². The number of rotatable bonds is 6. The Morgan fingerprint density at radius 3 is 2.73 bits per heavy atom. The van der Waals surface area contributed by atoms with Crippen LogP contribution in [0.3, 0.4) is 0 Å². The largest absolute Gasteiger partial charge is 0.323 e. The molecule has 0 aliphatic carbocycles. The average Bonchev–Trinajstić information content (AvgIpc) is 3.00. The Morgan fingerprint density at radius 2 is 2.14 bits per heavy atom. The predicted molar refractivity (Wildman–Crippen MR) is 95.0 cm³/mol. The maximum Gasteiger partial charge on any atom is 0.241 e. The monoisotopic (exact) mass is 356 g/mol. The highest BCUT2D eigenvalue weighted by Gasteiger charge is 2.21. The van der Waals surface area contributed by atoms with Gasteiger partial charge in [-0.15, -0.1) is 11.3 Å². The van der Waals surface area contributed by atoms with Gasteiger partial charge in [-0.3, -0.25) is 9.69 Å². The number of likely N-dealkylation sites (N-methyl/N-ethyl adjacent to an activating group) is 1. The number of amides is 1. The molecule has 118 valence electrons. The Bertz CT molecular complexity index is 631. The molecule has 3 nitrogen and oxygen atoms in total. The van der Waals surface area contributed by atoms with E-state index in [1.54, 1.807) is 29.5 Å². The zero-order valence-electron chi connectivity index (χ0n) is 12.5. The number of halogens is 2. The zero-order valence-corrected chi connectivity index (χ0v) is 14.8. The third-order valence-corrected chi connectivity index (χ3v) is 4.87. The van der Waals surface area contributed by atoms with E-state index in [1.165, 1.54) is 4.88 Å². The second kappa shape index (κ2) is 7.97. The lowest BCUT2D eigenvalue weighted by molar-refractivity contribution is -0.120. The number of carbonyl (C=O) groups is 1. The molecular formula is C16H18Cl2N2OS. The van der Waals surface area contributed by atoms with Gasteiger partial charge in [0.1, 0.15) is 0 Å². The van der Waals surface area contributed by atoms with E-state index in [9.17, 15) is 4.79 Å². The molecule has 2 aromatic rings. The maximum absolute atomic E-state index is 12.4. The maximum atomic E-state index is 12.4. The van der Waals surface area contributed by atoms with Gasteiger partial charge in [-0.05, 0) is 43.1 Å². The summed E-state index contributed by atoms with van der Waals surface area (Å²) in [5.41, 5.74) is 0.579. The molecule has 22 heavy (non-hydrogen) atoms. The first-order chi connectivity index (χ1) is 10.5. The molecular weight excluding hydrogens is 339 g/mol. The molecule has 1 aromatic carbocycles. The Hall–Kier alpha value is -1.07. The minimum absolute atomic E-state index is 0.0809. The van der Waals surface area contributed by atoms with Gasteiger partial charge in [0.2, 0.25) is 5.91 Å². The van der Waals surface area contributed by atoms with Crippen molar-refractivity contribution in [1.82, 2.24) is 4.90 Å². The van der Waals surface area contributed by atoms with Crippen molar-refractivity contribution in [1.29, 1.82) is 0 Å². The molecule has 0 bridgehead atoms.